The molecule has 1 heterocycles. The molecule has 0 aliphatic heterocycles. The van der Waals surface area contributed by atoms with Crippen molar-refractivity contribution in [3.05, 3.63) is 71.9 Å². The molecule has 10 heteroatoms. The Labute approximate surface area is 240 Å². The van der Waals surface area contributed by atoms with E-state index in [9.17, 15) is 19.2 Å². The van der Waals surface area contributed by atoms with Crippen molar-refractivity contribution >= 4 is 35.0 Å². The number of para-hydroxylation sites is 1. The normalized spacial score (nSPS) is 12.9. The van der Waals surface area contributed by atoms with Gasteiger partial charge in [0, 0.05) is 18.0 Å². The van der Waals surface area contributed by atoms with E-state index in [1.165, 1.54) is 11.7 Å². The van der Waals surface area contributed by atoms with Crippen LogP contribution in [0.1, 0.15) is 52.2 Å². The first-order chi connectivity index (χ1) is 19.4. The first kappa shape index (κ1) is 31.2. The Morgan fingerprint density at radius 3 is 2.20 bits per heavy atom. The third kappa shape index (κ3) is 9.09. The van der Waals surface area contributed by atoms with Gasteiger partial charge in [0.05, 0.1) is 12.6 Å². The van der Waals surface area contributed by atoms with E-state index in [-0.39, 0.29) is 18.9 Å². The van der Waals surface area contributed by atoms with Gasteiger partial charge < -0.3 is 24.8 Å². The van der Waals surface area contributed by atoms with Crippen LogP contribution in [-0.4, -0.2) is 53.4 Å². The minimum atomic E-state index is -1.08. The zero-order chi connectivity index (χ0) is 30.2. The second kappa shape index (κ2) is 13.8. The van der Waals surface area contributed by atoms with Gasteiger partial charge in [0.15, 0.2) is 0 Å². The van der Waals surface area contributed by atoms with Crippen molar-refractivity contribution < 1.29 is 33.4 Å². The predicted octanol–water partition coefficient (Wildman–Crippen LogP) is 4.97. The van der Waals surface area contributed by atoms with E-state index in [0.29, 0.717) is 17.5 Å². The molecule has 2 aromatic carbocycles. The van der Waals surface area contributed by atoms with E-state index >= 15 is 0 Å². The molecule has 0 fully saturated rings. The fourth-order valence-electron chi connectivity index (χ4n) is 4.31. The van der Waals surface area contributed by atoms with Crippen LogP contribution in [-0.2, 0) is 36.8 Å². The number of rotatable bonds is 10. The summed E-state index contributed by atoms with van der Waals surface area (Å²) in [5.41, 5.74) is 1.35. The number of aromatic nitrogens is 1. The number of ether oxygens (including phenoxy) is 3. The molecule has 0 saturated heterocycles. The molecule has 10 nitrogen and oxygen atoms in total. The van der Waals surface area contributed by atoms with Crippen molar-refractivity contribution in [2.45, 2.75) is 71.8 Å². The average Bonchev–Trinajstić information content (AvgIpc) is 3.28. The number of hydrogen-bond acceptors (Lipinski definition) is 7. The fourth-order valence-corrected chi connectivity index (χ4v) is 4.31. The molecular weight excluding hydrogens is 526 g/mol. The number of esters is 1. The summed E-state index contributed by atoms with van der Waals surface area (Å²) in [4.78, 5) is 51.6. The van der Waals surface area contributed by atoms with Crippen LogP contribution in [0.5, 0.6) is 0 Å². The molecule has 3 aromatic rings. The maximum absolute atomic E-state index is 13.4. The summed E-state index contributed by atoms with van der Waals surface area (Å²) in [6.45, 7) is 9.22. The number of amides is 2. The van der Waals surface area contributed by atoms with Crippen LogP contribution in [0.15, 0.2) is 60.8 Å². The Kier molecular flexibility index (Phi) is 10.5. The van der Waals surface area contributed by atoms with Crippen molar-refractivity contribution in [1.82, 2.24) is 15.2 Å². The molecule has 220 valence electrons. The minimum Gasteiger partial charge on any atom is -0.467 e. The number of alkyl carbamates (subject to hydrolysis) is 1. The second-order valence-electron chi connectivity index (χ2n) is 11.2. The number of methoxy groups -OCH3 is 1. The Balaban J connectivity index is 1.79. The molecule has 0 aliphatic carbocycles. The number of nitrogens with one attached hydrogen (secondary N) is 2. The minimum absolute atomic E-state index is 0.0432. The van der Waals surface area contributed by atoms with Crippen LogP contribution in [0.2, 0.25) is 0 Å². The van der Waals surface area contributed by atoms with E-state index in [0.717, 1.165) is 10.9 Å². The number of fused-ring (bicyclic) bond motifs is 1. The third-order valence-electron chi connectivity index (χ3n) is 6.14. The Morgan fingerprint density at radius 1 is 0.902 bits per heavy atom. The van der Waals surface area contributed by atoms with Crippen LogP contribution in [0.4, 0.5) is 9.59 Å². The zero-order valence-corrected chi connectivity index (χ0v) is 24.4. The molecule has 41 heavy (non-hydrogen) atoms. The average molecular weight is 566 g/mol. The van der Waals surface area contributed by atoms with Gasteiger partial charge in [0.1, 0.15) is 24.3 Å². The zero-order valence-electron chi connectivity index (χ0n) is 24.4. The third-order valence-corrected chi connectivity index (χ3v) is 6.14. The van der Waals surface area contributed by atoms with Gasteiger partial charge in [-0.1, -0.05) is 62.4 Å². The summed E-state index contributed by atoms with van der Waals surface area (Å²) < 4.78 is 17.2. The summed E-state index contributed by atoms with van der Waals surface area (Å²) in [5, 5.41) is 6.08. The second-order valence-corrected chi connectivity index (χ2v) is 11.2. The largest absolute Gasteiger partial charge is 0.467 e. The van der Waals surface area contributed by atoms with Crippen molar-refractivity contribution in [1.29, 1.82) is 0 Å². The number of hydrogen-bond donors (Lipinski definition) is 2. The van der Waals surface area contributed by atoms with E-state index in [2.05, 4.69) is 10.6 Å². The molecule has 0 saturated carbocycles. The van der Waals surface area contributed by atoms with Crippen LogP contribution < -0.4 is 10.6 Å². The van der Waals surface area contributed by atoms with Gasteiger partial charge in [-0.2, -0.15) is 0 Å². The maximum atomic E-state index is 13.4. The van der Waals surface area contributed by atoms with Crippen LogP contribution in [0, 0.1) is 5.92 Å². The molecule has 0 radical (unpaired) electrons. The molecule has 2 amide bonds. The molecular formula is C31H39N3O7. The van der Waals surface area contributed by atoms with Gasteiger partial charge in [-0.3, -0.25) is 9.36 Å². The van der Waals surface area contributed by atoms with Crippen molar-refractivity contribution in [3.63, 3.8) is 0 Å². The molecule has 0 spiro atoms. The number of nitrogens with zero attached hydrogens (tertiary/aromatic N) is 1. The maximum Gasteiger partial charge on any atom is 0.419 e. The standard InChI is InChI=1S/C31H39N3O7/c1-20(2)16-24(33-29(37)40-19-21-12-8-7-9-13-21)27(35)32-25(28(36)39-6)17-22-18-34(30(38)41-31(3,4)5)26-15-11-10-14-23(22)26/h7-15,18,20,24-25H,16-17,19H2,1-6H3,(H,32,35)(H,33,37)/t24-,25+/m0/s1. The lowest BCUT2D eigenvalue weighted by Gasteiger charge is -2.23. The highest BCUT2D eigenvalue weighted by molar-refractivity contribution is 5.93. The van der Waals surface area contributed by atoms with Gasteiger partial charge >= 0.3 is 18.2 Å². The highest BCUT2D eigenvalue weighted by atomic mass is 16.6. The van der Waals surface area contributed by atoms with Crippen LogP contribution >= 0.6 is 0 Å². The molecule has 3 rings (SSSR count). The van der Waals surface area contributed by atoms with E-state index in [1.807, 2.05) is 56.3 Å². The van der Waals surface area contributed by atoms with Crippen molar-refractivity contribution in [2.75, 3.05) is 7.11 Å². The summed E-state index contributed by atoms with van der Waals surface area (Å²) in [6, 6.07) is 14.4. The predicted molar refractivity (Wildman–Crippen MR) is 154 cm³/mol. The Hall–Kier alpha value is -4.34. The highest BCUT2D eigenvalue weighted by Gasteiger charge is 2.30. The smallest absolute Gasteiger partial charge is 0.419 e. The Morgan fingerprint density at radius 2 is 1.56 bits per heavy atom. The topological polar surface area (TPSA) is 125 Å². The summed E-state index contributed by atoms with van der Waals surface area (Å²) in [5.74, 6) is -1.16. The summed E-state index contributed by atoms with van der Waals surface area (Å²) in [6.07, 6.45) is 0.657. The number of carbonyl (C=O) groups excluding carboxylic acids is 4. The van der Waals surface area contributed by atoms with E-state index < -0.39 is 41.7 Å². The van der Waals surface area contributed by atoms with E-state index in [4.69, 9.17) is 14.2 Å². The van der Waals surface area contributed by atoms with Crippen molar-refractivity contribution in [3.8, 4) is 0 Å². The lowest BCUT2D eigenvalue weighted by Crippen LogP contribution is -2.53. The van der Waals surface area contributed by atoms with Gasteiger partial charge in [-0.05, 0) is 50.3 Å². The van der Waals surface area contributed by atoms with Gasteiger partial charge in [-0.25, -0.2) is 14.4 Å². The van der Waals surface area contributed by atoms with E-state index in [1.54, 1.807) is 39.1 Å². The summed E-state index contributed by atoms with van der Waals surface area (Å²) >= 11 is 0. The number of benzene rings is 2. The molecule has 0 aliphatic rings. The lowest BCUT2D eigenvalue weighted by atomic mass is 10.0. The summed E-state index contributed by atoms with van der Waals surface area (Å²) in [7, 11) is 1.23. The Bertz CT molecular complexity index is 1360. The lowest BCUT2D eigenvalue weighted by molar-refractivity contribution is -0.145. The molecule has 0 bridgehead atoms. The SMILES string of the molecule is COC(=O)[C@@H](Cc1cn(C(=O)OC(C)(C)C)c2ccccc12)NC(=O)[C@H](CC(C)C)NC(=O)OCc1ccccc1. The first-order valence-electron chi connectivity index (χ1n) is 13.6. The highest BCUT2D eigenvalue weighted by Crippen LogP contribution is 2.24. The monoisotopic (exact) mass is 565 g/mol. The van der Waals surface area contributed by atoms with Gasteiger partial charge in [-0.15, -0.1) is 0 Å². The molecule has 2 atom stereocenters. The molecule has 0 unspecified atom stereocenters. The fraction of sp³-hybridized carbons (Fsp3) is 0.419. The molecule has 1 aromatic heterocycles. The van der Waals surface area contributed by atoms with Gasteiger partial charge in [0.25, 0.3) is 0 Å². The molecule has 2 N–H and O–H groups in total. The van der Waals surface area contributed by atoms with Crippen LogP contribution in [0.25, 0.3) is 10.9 Å². The number of carbonyl (C=O) groups is 4. The van der Waals surface area contributed by atoms with Crippen molar-refractivity contribution in [2.24, 2.45) is 5.92 Å². The van der Waals surface area contributed by atoms with Gasteiger partial charge in [0.2, 0.25) is 5.91 Å². The quantitative estimate of drug-likeness (QED) is 0.263. The van der Waals surface area contributed by atoms with Crippen LogP contribution in [0.3, 0.4) is 0 Å². The first-order valence-corrected chi connectivity index (χ1v) is 13.6.